The van der Waals surface area contributed by atoms with E-state index in [-0.39, 0.29) is 47.9 Å². The predicted octanol–water partition coefficient (Wildman–Crippen LogP) is 0.833. The van der Waals surface area contributed by atoms with Gasteiger partial charge in [-0.3, -0.25) is 0 Å². The molecule has 2 aliphatic rings. The standard InChI is InChI=1S/C18H23BN2O6/c22-15(8-12-2-1-7-20-12)21-9-13(10-21)27-14-4-3-11(5-6-19-26)17(23)16(14)18(24)25/h3-4,12-13,20,23H,1-2,5-10H2,(H,24,25)/t12-/m1/s1. The van der Waals surface area contributed by atoms with Crippen molar-refractivity contribution in [2.45, 2.75) is 44.1 Å². The summed E-state index contributed by atoms with van der Waals surface area (Å²) in [5.41, 5.74) is 0.0830. The Morgan fingerprint density at radius 2 is 2.11 bits per heavy atom. The molecule has 2 heterocycles. The van der Waals surface area contributed by atoms with E-state index in [0.717, 1.165) is 19.4 Å². The first-order chi connectivity index (χ1) is 13.0. The van der Waals surface area contributed by atoms with Gasteiger partial charge in [-0.2, -0.15) is 0 Å². The van der Waals surface area contributed by atoms with Crippen LogP contribution < -0.4 is 10.1 Å². The van der Waals surface area contributed by atoms with Gasteiger partial charge in [-0.25, -0.2) is 0 Å². The Morgan fingerprint density at radius 3 is 2.74 bits per heavy atom. The van der Waals surface area contributed by atoms with Crippen LogP contribution in [0.15, 0.2) is 12.1 Å². The molecule has 1 aromatic rings. The van der Waals surface area contributed by atoms with Gasteiger partial charge in [0.1, 0.15) is 0 Å². The molecule has 0 radical (unpaired) electrons. The van der Waals surface area contributed by atoms with E-state index in [2.05, 4.69) is 5.32 Å². The number of likely N-dealkylation sites (tertiary alicyclic amines) is 1. The Morgan fingerprint density at radius 1 is 1.33 bits per heavy atom. The van der Waals surface area contributed by atoms with Crippen LogP contribution in [0, 0.1) is 0 Å². The van der Waals surface area contributed by atoms with Crippen molar-refractivity contribution in [1.29, 1.82) is 0 Å². The summed E-state index contributed by atoms with van der Waals surface area (Å²) in [7, 11) is 0.714. The molecule has 27 heavy (non-hydrogen) atoms. The Hall–Kier alpha value is -2.42. The van der Waals surface area contributed by atoms with E-state index in [9.17, 15) is 24.5 Å². The van der Waals surface area contributed by atoms with E-state index in [1.165, 1.54) is 6.07 Å². The molecule has 3 rings (SSSR count). The predicted molar refractivity (Wildman–Crippen MR) is 96.7 cm³/mol. The van der Waals surface area contributed by atoms with Crippen molar-refractivity contribution in [3.63, 3.8) is 0 Å². The number of phenols is 1. The average Bonchev–Trinajstić information content (AvgIpc) is 3.09. The van der Waals surface area contributed by atoms with E-state index < -0.39 is 5.97 Å². The Kier molecular flexibility index (Phi) is 6.10. The summed E-state index contributed by atoms with van der Waals surface area (Å²) in [4.78, 5) is 25.5. The molecule has 144 valence electrons. The molecule has 0 aromatic heterocycles. The van der Waals surface area contributed by atoms with Crippen LogP contribution in [0.5, 0.6) is 11.5 Å². The molecule has 1 amide bonds. The molecule has 0 spiro atoms. The summed E-state index contributed by atoms with van der Waals surface area (Å²) in [5, 5.41) is 22.9. The molecule has 0 unspecified atom stereocenters. The zero-order valence-corrected chi connectivity index (χ0v) is 15.0. The van der Waals surface area contributed by atoms with Gasteiger partial charge >= 0.3 is 126 Å². The normalized spacial score (nSPS) is 19.4. The number of ether oxygens (including phenoxy) is 1. The molecule has 1 aromatic carbocycles. The Labute approximate surface area is 157 Å². The second kappa shape index (κ2) is 8.52. The summed E-state index contributed by atoms with van der Waals surface area (Å²) in [5.74, 6) is -1.53. The van der Waals surface area contributed by atoms with Crippen molar-refractivity contribution in [2.24, 2.45) is 0 Å². The Bertz CT molecular complexity index is 729. The number of aromatic carboxylic acids is 1. The van der Waals surface area contributed by atoms with Gasteiger partial charge in [0.2, 0.25) is 0 Å². The summed E-state index contributed by atoms with van der Waals surface area (Å²) >= 11 is 0. The molecule has 8 nitrogen and oxygen atoms in total. The molecular weight excluding hydrogens is 351 g/mol. The number of hydrogen-bond acceptors (Lipinski definition) is 6. The maximum absolute atomic E-state index is 12.2. The molecule has 2 saturated heterocycles. The van der Waals surface area contributed by atoms with Crippen LogP contribution >= 0.6 is 0 Å². The van der Waals surface area contributed by atoms with E-state index in [1.54, 1.807) is 11.0 Å². The summed E-state index contributed by atoms with van der Waals surface area (Å²) in [6.07, 6.45) is 2.73. The van der Waals surface area contributed by atoms with Crippen LogP contribution in [-0.2, 0) is 15.9 Å². The fourth-order valence-corrected chi connectivity index (χ4v) is 3.50. The summed E-state index contributed by atoms with van der Waals surface area (Å²) in [6, 6.07) is 3.30. The van der Waals surface area contributed by atoms with Gasteiger partial charge in [0.25, 0.3) is 0 Å². The van der Waals surface area contributed by atoms with Crippen molar-refractivity contribution in [3.05, 3.63) is 23.3 Å². The third-order valence-electron chi connectivity index (χ3n) is 5.05. The van der Waals surface area contributed by atoms with Crippen LogP contribution in [0.2, 0.25) is 6.32 Å². The number of rotatable bonds is 8. The number of amides is 1. The van der Waals surface area contributed by atoms with Crippen molar-refractivity contribution in [1.82, 2.24) is 10.2 Å². The summed E-state index contributed by atoms with van der Waals surface area (Å²) < 4.78 is 16.2. The molecule has 0 saturated carbocycles. The molecule has 0 bridgehead atoms. The van der Waals surface area contributed by atoms with Crippen LogP contribution in [0.25, 0.3) is 0 Å². The first kappa shape index (κ1) is 19.3. The number of carboxylic acids is 1. The molecule has 9 heteroatoms. The number of aryl methyl sites for hydroxylation is 1. The minimum absolute atomic E-state index is 0.0692. The minimum atomic E-state index is -1.30. The van der Waals surface area contributed by atoms with E-state index >= 15 is 0 Å². The van der Waals surface area contributed by atoms with Gasteiger partial charge < -0.3 is 5.32 Å². The van der Waals surface area contributed by atoms with Crippen LogP contribution in [0.1, 0.15) is 35.2 Å². The molecule has 2 aliphatic heterocycles. The first-order valence-corrected chi connectivity index (χ1v) is 9.19. The van der Waals surface area contributed by atoms with Gasteiger partial charge in [-0.1, -0.05) is 0 Å². The fraction of sp³-hybridized carbons (Fsp3) is 0.556. The second-order valence-electron chi connectivity index (χ2n) is 6.99. The molecular formula is C18H23BN2O6. The summed E-state index contributed by atoms with van der Waals surface area (Å²) in [6.45, 7) is 1.75. The average molecular weight is 374 g/mol. The zero-order chi connectivity index (χ0) is 19.4. The molecule has 3 N–H and O–H groups in total. The van der Waals surface area contributed by atoms with E-state index in [0.29, 0.717) is 32.2 Å². The SMILES string of the molecule is O=BCCc1ccc(OC2CN(C(=O)C[C@H]3CCCN3)C2)c(C(=O)O)c1O. The number of carbonyl (C=O) groups excluding carboxylic acids is 1. The quantitative estimate of drug-likeness (QED) is 0.577. The van der Waals surface area contributed by atoms with Crippen molar-refractivity contribution >= 4 is 19.0 Å². The van der Waals surface area contributed by atoms with Crippen LogP contribution in [0.4, 0.5) is 0 Å². The van der Waals surface area contributed by atoms with Gasteiger partial charge in [-0.15, -0.1) is 0 Å². The first-order valence-electron chi connectivity index (χ1n) is 9.19. The van der Waals surface area contributed by atoms with Crippen LogP contribution in [0.3, 0.4) is 0 Å². The molecule has 0 aliphatic carbocycles. The van der Waals surface area contributed by atoms with Gasteiger partial charge in [0.15, 0.2) is 0 Å². The van der Waals surface area contributed by atoms with E-state index in [1.807, 2.05) is 0 Å². The topological polar surface area (TPSA) is 116 Å². The monoisotopic (exact) mass is 374 g/mol. The second-order valence-corrected chi connectivity index (χ2v) is 6.99. The third-order valence-corrected chi connectivity index (χ3v) is 5.05. The molecule has 2 fully saturated rings. The number of carbonyl (C=O) groups is 2. The number of nitrogens with one attached hydrogen (secondary N) is 1. The Balaban J connectivity index is 1.59. The van der Waals surface area contributed by atoms with Gasteiger partial charge in [0.05, 0.1) is 0 Å². The number of aromatic hydroxyl groups is 1. The van der Waals surface area contributed by atoms with Gasteiger partial charge in [-0.05, 0) is 19.4 Å². The van der Waals surface area contributed by atoms with Crippen molar-refractivity contribution in [3.8, 4) is 11.5 Å². The van der Waals surface area contributed by atoms with Crippen molar-refractivity contribution < 1.29 is 29.2 Å². The fourth-order valence-electron chi connectivity index (χ4n) is 3.50. The van der Waals surface area contributed by atoms with Crippen molar-refractivity contribution in [2.75, 3.05) is 19.6 Å². The molecule has 1 atom stereocenters. The zero-order valence-electron chi connectivity index (χ0n) is 15.0. The van der Waals surface area contributed by atoms with Gasteiger partial charge in [0, 0.05) is 6.04 Å². The number of nitrogens with zero attached hydrogens (tertiary/aromatic N) is 1. The number of benzene rings is 1. The van der Waals surface area contributed by atoms with Crippen LogP contribution in [-0.4, -0.2) is 65.9 Å². The number of hydrogen-bond donors (Lipinski definition) is 3. The van der Waals surface area contributed by atoms with E-state index in [4.69, 9.17) is 4.74 Å². The third kappa shape index (κ3) is 4.47. The maximum atomic E-state index is 12.2. The number of carboxylic acid groups (broad SMARTS) is 1.